The van der Waals surface area contributed by atoms with E-state index >= 15 is 0 Å². The van der Waals surface area contributed by atoms with Crippen LogP contribution in [0.1, 0.15) is 6.92 Å². The van der Waals surface area contributed by atoms with E-state index in [0.717, 1.165) is 0 Å². The fourth-order valence-corrected chi connectivity index (χ4v) is 3.97. The van der Waals surface area contributed by atoms with Crippen molar-refractivity contribution in [3.63, 3.8) is 0 Å². The number of nitrogens with two attached hydrogens (primary N) is 1. The number of hydrogen-bond acceptors (Lipinski definition) is 5. The lowest BCUT2D eigenvalue weighted by Crippen LogP contribution is -2.59. The third-order valence-corrected chi connectivity index (χ3v) is 5.13. The van der Waals surface area contributed by atoms with Crippen LogP contribution in [0.3, 0.4) is 0 Å². The Balaban J connectivity index is 2.35. The molecule has 19 heavy (non-hydrogen) atoms. The smallest absolute Gasteiger partial charge is 0.289 e. The Morgan fingerprint density at radius 2 is 2.00 bits per heavy atom. The maximum absolute atomic E-state index is 12.3. The molecule has 7 nitrogen and oxygen atoms in total. The standard InChI is InChI=1S/C11H15N3O4S/c1-11(6-12)7-13(8-11)19(17,18)10-5-3-2-4-9(10)14(15)16/h2-5H,6-8,12H2,1H3. The Kier molecular flexibility index (Phi) is 3.33. The Labute approximate surface area is 111 Å². The van der Waals surface area contributed by atoms with Crippen LogP contribution in [0.15, 0.2) is 29.2 Å². The maximum atomic E-state index is 12.3. The topological polar surface area (TPSA) is 107 Å². The van der Waals surface area contributed by atoms with Gasteiger partial charge in [0.05, 0.1) is 4.92 Å². The van der Waals surface area contributed by atoms with E-state index in [1.165, 1.54) is 28.6 Å². The summed E-state index contributed by atoms with van der Waals surface area (Å²) in [6.45, 7) is 2.85. The molecule has 0 radical (unpaired) electrons. The minimum absolute atomic E-state index is 0.239. The van der Waals surface area contributed by atoms with Crippen LogP contribution in [0.2, 0.25) is 0 Å². The van der Waals surface area contributed by atoms with Gasteiger partial charge in [-0.2, -0.15) is 4.31 Å². The lowest BCUT2D eigenvalue weighted by atomic mass is 9.84. The van der Waals surface area contributed by atoms with Crippen molar-refractivity contribution < 1.29 is 13.3 Å². The number of hydrogen-bond donors (Lipinski definition) is 1. The van der Waals surface area contributed by atoms with Crippen LogP contribution < -0.4 is 5.73 Å². The molecule has 0 aliphatic carbocycles. The predicted molar refractivity (Wildman–Crippen MR) is 69.0 cm³/mol. The third-order valence-electron chi connectivity index (χ3n) is 3.29. The van der Waals surface area contributed by atoms with Crippen LogP contribution in [0, 0.1) is 15.5 Å². The molecule has 1 aromatic carbocycles. The van der Waals surface area contributed by atoms with Gasteiger partial charge in [0, 0.05) is 31.1 Å². The van der Waals surface area contributed by atoms with Crippen molar-refractivity contribution in [1.29, 1.82) is 0 Å². The fraction of sp³-hybridized carbons (Fsp3) is 0.455. The van der Waals surface area contributed by atoms with E-state index in [-0.39, 0.29) is 23.4 Å². The summed E-state index contributed by atoms with van der Waals surface area (Å²) in [5, 5.41) is 10.9. The Hall–Kier alpha value is -1.51. The molecule has 1 fully saturated rings. The van der Waals surface area contributed by atoms with Crippen molar-refractivity contribution in [3.05, 3.63) is 34.4 Å². The minimum Gasteiger partial charge on any atom is -0.330 e. The van der Waals surface area contributed by atoms with Gasteiger partial charge in [-0.1, -0.05) is 19.1 Å². The highest BCUT2D eigenvalue weighted by atomic mass is 32.2. The van der Waals surface area contributed by atoms with Gasteiger partial charge < -0.3 is 5.73 Å². The Bertz CT molecular complexity index is 608. The van der Waals surface area contributed by atoms with Gasteiger partial charge in [0.15, 0.2) is 4.90 Å². The first kappa shape index (κ1) is 13.9. The minimum atomic E-state index is -3.82. The summed E-state index contributed by atoms with van der Waals surface area (Å²) >= 11 is 0. The average molecular weight is 285 g/mol. The second-order valence-corrected chi connectivity index (χ2v) is 6.92. The molecule has 0 amide bonds. The largest absolute Gasteiger partial charge is 0.330 e. The molecule has 0 bridgehead atoms. The van der Waals surface area contributed by atoms with Gasteiger partial charge in [0.1, 0.15) is 0 Å². The highest BCUT2D eigenvalue weighted by Gasteiger charge is 2.45. The van der Waals surface area contributed by atoms with Crippen molar-refractivity contribution in [2.24, 2.45) is 11.1 Å². The van der Waals surface area contributed by atoms with Gasteiger partial charge >= 0.3 is 0 Å². The molecule has 1 aliphatic rings. The molecule has 0 spiro atoms. The predicted octanol–water partition coefficient (Wildman–Crippen LogP) is 0.564. The molecule has 1 saturated heterocycles. The lowest BCUT2D eigenvalue weighted by molar-refractivity contribution is -0.387. The normalized spacial score (nSPS) is 18.8. The molecule has 0 aromatic heterocycles. The highest BCUT2D eigenvalue weighted by Crippen LogP contribution is 2.35. The number of para-hydroxylation sites is 1. The zero-order valence-corrected chi connectivity index (χ0v) is 11.3. The molecule has 0 atom stereocenters. The van der Waals surface area contributed by atoms with E-state index in [0.29, 0.717) is 6.54 Å². The molecule has 2 N–H and O–H groups in total. The van der Waals surface area contributed by atoms with Gasteiger partial charge in [0.2, 0.25) is 10.0 Å². The summed E-state index contributed by atoms with van der Waals surface area (Å²) in [5.41, 5.74) is 4.92. The van der Waals surface area contributed by atoms with E-state index in [1.807, 2.05) is 6.92 Å². The van der Waals surface area contributed by atoms with Crippen LogP contribution in [0.5, 0.6) is 0 Å². The van der Waals surface area contributed by atoms with Crippen molar-refractivity contribution in [3.8, 4) is 0 Å². The Morgan fingerprint density at radius 1 is 1.42 bits per heavy atom. The van der Waals surface area contributed by atoms with E-state index < -0.39 is 20.6 Å². The zero-order chi connectivity index (χ0) is 14.3. The molecular formula is C11H15N3O4S. The lowest BCUT2D eigenvalue weighted by Gasteiger charge is -2.46. The van der Waals surface area contributed by atoms with E-state index in [1.54, 1.807) is 0 Å². The molecule has 2 rings (SSSR count). The summed E-state index contributed by atoms with van der Waals surface area (Å²) in [7, 11) is -3.82. The number of nitro benzene ring substituents is 1. The van der Waals surface area contributed by atoms with Gasteiger partial charge in [-0.15, -0.1) is 0 Å². The van der Waals surface area contributed by atoms with Crippen molar-refractivity contribution in [2.75, 3.05) is 19.6 Å². The number of benzene rings is 1. The Morgan fingerprint density at radius 3 is 2.53 bits per heavy atom. The number of sulfonamides is 1. The van der Waals surface area contributed by atoms with Crippen molar-refractivity contribution in [2.45, 2.75) is 11.8 Å². The van der Waals surface area contributed by atoms with Crippen molar-refractivity contribution in [1.82, 2.24) is 4.31 Å². The van der Waals surface area contributed by atoms with Gasteiger partial charge in [-0.25, -0.2) is 8.42 Å². The van der Waals surface area contributed by atoms with Gasteiger partial charge in [0.25, 0.3) is 5.69 Å². The number of nitrogens with zero attached hydrogens (tertiary/aromatic N) is 2. The van der Waals surface area contributed by atoms with Gasteiger partial charge in [-0.3, -0.25) is 10.1 Å². The molecule has 1 heterocycles. The second kappa shape index (κ2) is 4.55. The maximum Gasteiger partial charge on any atom is 0.289 e. The molecule has 1 aliphatic heterocycles. The summed E-state index contributed by atoms with van der Waals surface area (Å²) < 4.78 is 25.9. The summed E-state index contributed by atoms with van der Waals surface area (Å²) in [6.07, 6.45) is 0. The third kappa shape index (κ3) is 2.34. The highest BCUT2D eigenvalue weighted by molar-refractivity contribution is 7.89. The quantitative estimate of drug-likeness (QED) is 0.642. The molecular weight excluding hydrogens is 270 g/mol. The second-order valence-electron chi connectivity index (χ2n) is 5.01. The first-order valence-corrected chi connectivity index (χ1v) is 7.18. The number of nitro groups is 1. The van der Waals surface area contributed by atoms with Crippen molar-refractivity contribution >= 4 is 15.7 Å². The molecule has 104 valence electrons. The summed E-state index contributed by atoms with van der Waals surface area (Å²) in [5.74, 6) is 0. The van der Waals surface area contributed by atoms with Crippen LogP contribution in [0.25, 0.3) is 0 Å². The molecule has 0 unspecified atom stereocenters. The molecule has 0 saturated carbocycles. The average Bonchev–Trinajstić information content (AvgIpc) is 2.34. The summed E-state index contributed by atoms with van der Waals surface area (Å²) in [6, 6.07) is 5.36. The van der Waals surface area contributed by atoms with E-state index in [9.17, 15) is 18.5 Å². The molecule has 8 heteroatoms. The summed E-state index contributed by atoms with van der Waals surface area (Å²) in [4.78, 5) is 9.93. The fourth-order valence-electron chi connectivity index (χ4n) is 2.07. The van der Waals surface area contributed by atoms with Crippen LogP contribution in [-0.2, 0) is 10.0 Å². The number of rotatable bonds is 4. The first-order valence-electron chi connectivity index (χ1n) is 5.74. The monoisotopic (exact) mass is 285 g/mol. The zero-order valence-electron chi connectivity index (χ0n) is 10.4. The molecule has 1 aromatic rings. The van der Waals surface area contributed by atoms with Gasteiger partial charge in [-0.05, 0) is 6.07 Å². The van der Waals surface area contributed by atoms with Crippen LogP contribution in [0.4, 0.5) is 5.69 Å². The SMILES string of the molecule is CC1(CN)CN(S(=O)(=O)c2ccccc2[N+](=O)[O-])C1. The van der Waals surface area contributed by atoms with Crippen LogP contribution >= 0.6 is 0 Å². The van der Waals surface area contributed by atoms with E-state index in [4.69, 9.17) is 5.73 Å². The van der Waals surface area contributed by atoms with Crippen LogP contribution in [-0.4, -0.2) is 37.3 Å². The van der Waals surface area contributed by atoms with E-state index in [2.05, 4.69) is 0 Å². The first-order chi connectivity index (χ1) is 8.80.